The van der Waals surface area contributed by atoms with Crippen molar-refractivity contribution in [2.75, 3.05) is 12.4 Å². The van der Waals surface area contributed by atoms with E-state index in [2.05, 4.69) is 15.8 Å². The lowest BCUT2D eigenvalue weighted by Gasteiger charge is -2.09. The van der Waals surface area contributed by atoms with Gasteiger partial charge in [-0.3, -0.25) is 10.2 Å². The number of benzene rings is 2. The SMILES string of the molecule is COc1cccc(NC(=S)N/N=C2\CC(=O)c3ccccc32)c1. The number of carbonyl (C=O) groups is 1. The molecular formula is C17H15N3O2S. The fourth-order valence-electron chi connectivity index (χ4n) is 2.40. The van der Waals surface area contributed by atoms with Gasteiger partial charge in [0.1, 0.15) is 5.75 Å². The van der Waals surface area contributed by atoms with E-state index in [1.54, 1.807) is 7.11 Å². The lowest BCUT2D eigenvalue weighted by Crippen LogP contribution is -2.25. The second-order valence-corrected chi connectivity index (χ2v) is 5.41. The van der Waals surface area contributed by atoms with Gasteiger partial charge < -0.3 is 10.1 Å². The van der Waals surface area contributed by atoms with Crippen LogP contribution in [0.3, 0.4) is 0 Å². The molecule has 2 aromatic rings. The predicted octanol–water partition coefficient (Wildman–Crippen LogP) is 2.97. The second kappa shape index (κ2) is 6.58. The van der Waals surface area contributed by atoms with Crippen LogP contribution in [-0.4, -0.2) is 23.7 Å². The van der Waals surface area contributed by atoms with Crippen LogP contribution in [0.4, 0.5) is 5.69 Å². The third kappa shape index (κ3) is 3.37. The van der Waals surface area contributed by atoms with Crippen LogP contribution in [-0.2, 0) is 0 Å². The van der Waals surface area contributed by atoms with Gasteiger partial charge in [-0.15, -0.1) is 0 Å². The summed E-state index contributed by atoms with van der Waals surface area (Å²) < 4.78 is 5.16. The predicted molar refractivity (Wildman–Crippen MR) is 94.3 cm³/mol. The molecule has 0 saturated heterocycles. The van der Waals surface area contributed by atoms with Gasteiger partial charge in [0.2, 0.25) is 0 Å². The minimum absolute atomic E-state index is 0.0767. The number of Topliss-reactive ketones (excluding diaryl/α,β-unsaturated/α-hetero) is 1. The molecule has 1 aliphatic carbocycles. The van der Waals surface area contributed by atoms with E-state index in [4.69, 9.17) is 17.0 Å². The summed E-state index contributed by atoms with van der Waals surface area (Å²) in [6.07, 6.45) is 0.286. The lowest BCUT2D eigenvalue weighted by molar-refractivity contribution is 0.101. The second-order valence-electron chi connectivity index (χ2n) is 5.00. The van der Waals surface area contributed by atoms with Crippen molar-refractivity contribution >= 4 is 34.5 Å². The zero-order valence-corrected chi connectivity index (χ0v) is 13.3. The number of rotatable bonds is 3. The topological polar surface area (TPSA) is 62.7 Å². The van der Waals surface area contributed by atoms with Gasteiger partial charge in [-0.2, -0.15) is 5.10 Å². The van der Waals surface area contributed by atoms with Crippen LogP contribution in [0.15, 0.2) is 53.6 Å². The summed E-state index contributed by atoms with van der Waals surface area (Å²) in [4.78, 5) is 11.9. The zero-order chi connectivity index (χ0) is 16.2. The average molecular weight is 325 g/mol. The summed E-state index contributed by atoms with van der Waals surface area (Å²) in [5.41, 5.74) is 5.84. The van der Waals surface area contributed by atoms with Crippen LogP contribution in [0.2, 0.25) is 0 Å². The minimum Gasteiger partial charge on any atom is -0.497 e. The summed E-state index contributed by atoms with van der Waals surface area (Å²) in [5, 5.41) is 7.64. The third-order valence-electron chi connectivity index (χ3n) is 3.49. The lowest BCUT2D eigenvalue weighted by atomic mass is 10.1. The highest BCUT2D eigenvalue weighted by molar-refractivity contribution is 7.80. The molecule has 0 saturated carbocycles. The van der Waals surface area contributed by atoms with Gasteiger partial charge in [-0.25, -0.2) is 0 Å². The van der Waals surface area contributed by atoms with Gasteiger partial charge in [0, 0.05) is 22.9 Å². The summed E-state index contributed by atoms with van der Waals surface area (Å²) in [5.74, 6) is 0.812. The molecule has 0 amide bonds. The number of nitrogens with zero attached hydrogens (tertiary/aromatic N) is 1. The molecule has 0 aromatic heterocycles. The number of thiocarbonyl (C=S) groups is 1. The summed E-state index contributed by atoms with van der Waals surface area (Å²) in [7, 11) is 1.61. The molecule has 2 aromatic carbocycles. The molecule has 0 heterocycles. The molecule has 1 aliphatic rings. The van der Waals surface area contributed by atoms with E-state index in [0.717, 1.165) is 17.0 Å². The number of carbonyl (C=O) groups excluding carboxylic acids is 1. The highest BCUT2D eigenvalue weighted by atomic mass is 32.1. The Morgan fingerprint density at radius 1 is 1.17 bits per heavy atom. The number of hydrogen-bond donors (Lipinski definition) is 2. The number of hydrogen-bond acceptors (Lipinski definition) is 4. The van der Waals surface area contributed by atoms with E-state index in [-0.39, 0.29) is 12.2 Å². The highest BCUT2D eigenvalue weighted by Crippen LogP contribution is 2.22. The molecule has 0 aliphatic heterocycles. The van der Waals surface area contributed by atoms with Crippen molar-refractivity contribution in [3.8, 4) is 5.75 Å². The number of anilines is 1. The first-order valence-corrected chi connectivity index (χ1v) is 7.48. The Morgan fingerprint density at radius 2 is 1.96 bits per heavy atom. The van der Waals surface area contributed by atoms with E-state index in [9.17, 15) is 4.79 Å². The van der Waals surface area contributed by atoms with Gasteiger partial charge in [-0.05, 0) is 24.4 Å². The molecule has 6 heteroatoms. The molecule has 0 bridgehead atoms. The van der Waals surface area contributed by atoms with E-state index < -0.39 is 0 Å². The van der Waals surface area contributed by atoms with Crippen LogP contribution in [0.1, 0.15) is 22.3 Å². The molecule has 23 heavy (non-hydrogen) atoms. The van der Waals surface area contributed by atoms with E-state index in [1.165, 1.54) is 0 Å². The molecule has 2 N–H and O–H groups in total. The quantitative estimate of drug-likeness (QED) is 0.671. The van der Waals surface area contributed by atoms with Crippen LogP contribution < -0.4 is 15.5 Å². The number of methoxy groups -OCH3 is 1. The highest BCUT2D eigenvalue weighted by Gasteiger charge is 2.24. The third-order valence-corrected chi connectivity index (χ3v) is 3.68. The summed E-state index contributed by atoms with van der Waals surface area (Å²) in [6.45, 7) is 0. The number of nitrogens with one attached hydrogen (secondary N) is 2. The first kappa shape index (κ1) is 15.2. The number of ether oxygens (including phenoxy) is 1. The van der Waals surface area contributed by atoms with Gasteiger partial charge in [0.15, 0.2) is 10.9 Å². The Bertz CT molecular complexity index is 802. The van der Waals surface area contributed by atoms with Crippen LogP contribution >= 0.6 is 12.2 Å². The molecule has 0 radical (unpaired) electrons. The molecule has 0 unspecified atom stereocenters. The fraction of sp³-hybridized carbons (Fsp3) is 0.118. The van der Waals surface area contributed by atoms with Crippen LogP contribution in [0, 0.1) is 0 Å². The summed E-state index contributed by atoms with van der Waals surface area (Å²) in [6, 6.07) is 14.9. The minimum atomic E-state index is 0.0767. The number of ketones is 1. The van der Waals surface area contributed by atoms with Crippen molar-refractivity contribution in [3.05, 3.63) is 59.7 Å². The van der Waals surface area contributed by atoms with Crippen molar-refractivity contribution in [1.29, 1.82) is 0 Å². The normalized spacial score (nSPS) is 14.5. The maximum absolute atomic E-state index is 11.9. The average Bonchev–Trinajstić information content (AvgIpc) is 2.90. The molecule has 116 valence electrons. The molecular weight excluding hydrogens is 310 g/mol. The smallest absolute Gasteiger partial charge is 0.191 e. The van der Waals surface area contributed by atoms with Crippen molar-refractivity contribution in [2.24, 2.45) is 5.10 Å². The Hall–Kier alpha value is -2.73. The Labute approximate surface area is 139 Å². The number of hydrazone groups is 1. The van der Waals surface area contributed by atoms with Crippen molar-refractivity contribution < 1.29 is 9.53 Å². The Balaban J connectivity index is 1.68. The maximum atomic E-state index is 11.9. The molecule has 0 fully saturated rings. The standard InChI is InChI=1S/C17H15N3O2S/c1-22-12-6-4-5-11(9-12)18-17(23)20-19-15-10-16(21)14-8-3-2-7-13(14)15/h2-9H,10H2,1H3,(H2,18,20,23)/b19-15+. The van der Waals surface area contributed by atoms with E-state index in [1.807, 2.05) is 48.5 Å². The molecule has 0 atom stereocenters. The summed E-state index contributed by atoms with van der Waals surface area (Å²) >= 11 is 5.22. The largest absolute Gasteiger partial charge is 0.497 e. The van der Waals surface area contributed by atoms with Gasteiger partial charge in [-0.1, -0.05) is 30.3 Å². The van der Waals surface area contributed by atoms with Gasteiger partial charge in [0.05, 0.1) is 19.2 Å². The van der Waals surface area contributed by atoms with Gasteiger partial charge in [0.25, 0.3) is 0 Å². The van der Waals surface area contributed by atoms with Crippen LogP contribution in [0.25, 0.3) is 0 Å². The van der Waals surface area contributed by atoms with Crippen molar-refractivity contribution in [1.82, 2.24) is 5.43 Å². The molecule has 5 nitrogen and oxygen atoms in total. The monoisotopic (exact) mass is 325 g/mol. The fourth-order valence-corrected chi connectivity index (χ4v) is 2.56. The number of fused-ring (bicyclic) bond motifs is 1. The Morgan fingerprint density at radius 3 is 2.74 bits per heavy atom. The van der Waals surface area contributed by atoms with E-state index in [0.29, 0.717) is 16.4 Å². The van der Waals surface area contributed by atoms with Crippen LogP contribution in [0.5, 0.6) is 5.75 Å². The molecule has 0 spiro atoms. The first-order chi connectivity index (χ1) is 11.2. The zero-order valence-electron chi connectivity index (χ0n) is 12.5. The maximum Gasteiger partial charge on any atom is 0.191 e. The van der Waals surface area contributed by atoms with Crippen molar-refractivity contribution in [2.45, 2.75) is 6.42 Å². The van der Waals surface area contributed by atoms with Gasteiger partial charge >= 0.3 is 0 Å². The van der Waals surface area contributed by atoms with Crippen molar-refractivity contribution in [3.63, 3.8) is 0 Å². The molecule has 3 rings (SSSR count). The van der Waals surface area contributed by atoms with E-state index >= 15 is 0 Å². The Kier molecular flexibility index (Phi) is 4.34. The first-order valence-electron chi connectivity index (χ1n) is 7.07.